The molecule has 1 fully saturated rings. The molecule has 8 nitrogen and oxygen atoms in total. The van der Waals surface area contributed by atoms with E-state index in [4.69, 9.17) is 16.0 Å². The van der Waals surface area contributed by atoms with Crippen LogP contribution in [-0.2, 0) is 10.0 Å². The molecule has 0 bridgehead atoms. The number of fused-ring (bicyclic) bond motifs is 2. The van der Waals surface area contributed by atoms with E-state index in [0.717, 1.165) is 10.1 Å². The first-order valence-corrected chi connectivity index (χ1v) is 11.8. The fraction of sp³-hybridized carbons (Fsp3) is 0.211. The highest BCUT2D eigenvalue weighted by atomic mass is 35.5. The average Bonchev–Trinajstić information content (AvgIpc) is 3.37. The predicted octanol–water partition coefficient (Wildman–Crippen LogP) is 3.24. The Hall–Kier alpha value is -2.53. The van der Waals surface area contributed by atoms with Crippen LogP contribution in [-0.4, -0.2) is 59.7 Å². The number of pyridine rings is 1. The van der Waals surface area contributed by atoms with Gasteiger partial charge in [0.25, 0.3) is 15.9 Å². The third-order valence-electron chi connectivity index (χ3n) is 4.93. The van der Waals surface area contributed by atoms with Gasteiger partial charge in [0.2, 0.25) is 0 Å². The zero-order valence-corrected chi connectivity index (χ0v) is 17.9. The normalized spacial score (nSPS) is 15.8. The number of rotatable bonds is 3. The molecule has 0 aliphatic carbocycles. The van der Waals surface area contributed by atoms with Gasteiger partial charge in [-0.15, -0.1) is 11.3 Å². The molecular weight excluding hydrogens is 448 g/mol. The summed E-state index contributed by atoms with van der Waals surface area (Å²) in [4.78, 5) is 22.4. The maximum absolute atomic E-state index is 13.1. The van der Waals surface area contributed by atoms with Crippen molar-refractivity contribution in [3.8, 4) is 0 Å². The summed E-state index contributed by atoms with van der Waals surface area (Å²) in [7, 11) is -3.65. The summed E-state index contributed by atoms with van der Waals surface area (Å²) < 4.78 is 34.1. The summed E-state index contributed by atoms with van der Waals surface area (Å²) in [5.41, 5.74) is 0.804. The van der Waals surface area contributed by atoms with Gasteiger partial charge in [-0.1, -0.05) is 17.7 Å². The van der Waals surface area contributed by atoms with E-state index < -0.39 is 10.0 Å². The molecule has 0 saturated carbocycles. The molecule has 0 N–H and O–H groups in total. The van der Waals surface area contributed by atoms with Gasteiger partial charge in [0.1, 0.15) is 4.21 Å². The fourth-order valence-electron chi connectivity index (χ4n) is 3.36. The molecule has 1 amide bonds. The Bertz CT molecular complexity index is 1340. The molecule has 0 atom stereocenters. The molecule has 4 aromatic rings. The topological polar surface area (TPSA) is 96.6 Å². The molecule has 11 heteroatoms. The van der Waals surface area contributed by atoms with E-state index in [1.165, 1.54) is 15.6 Å². The van der Waals surface area contributed by atoms with Crippen LogP contribution in [0.2, 0.25) is 5.02 Å². The van der Waals surface area contributed by atoms with E-state index >= 15 is 0 Å². The molecule has 4 heterocycles. The molecular formula is C19H15ClN4O4S2. The number of benzene rings is 1. The summed E-state index contributed by atoms with van der Waals surface area (Å²) in [6.45, 7) is 0.894. The lowest BCUT2D eigenvalue weighted by Crippen LogP contribution is -2.50. The van der Waals surface area contributed by atoms with Gasteiger partial charge < -0.3 is 9.32 Å². The number of nitrogens with zero attached hydrogens (tertiary/aromatic N) is 4. The number of carbonyl (C=O) groups excluding carboxylic acids is 1. The number of hydrogen-bond donors (Lipinski definition) is 0. The second kappa shape index (κ2) is 7.31. The van der Waals surface area contributed by atoms with Gasteiger partial charge in [-0.2, -0.15) is 9.29 Å². The standard InChI is InChI=1S/C19H15ClN4O4S2/c20-13-4-3-12-10-16(29-15(12)11-13)30(26,27)24-8-6-23(7-9-24)19(25)18-22-17-14(28-18)2-1-5-21-17/h1-5,10-11H,6-9H2. The largest absolute Gasteiger partial charge is 0.431 e. The predicted molar refractivity (Wildman–Crippen MR) is 113 cm³/mol. The number of sulfonamides is 1. The van der Waals surface area contributed by atoms with Crippen molar-refractivity contribution < 1.29 is 17.6 Å². The lowest BCUT2D eigenvalue weighted by molar-refractivity contribution is 0.0660. The second-order valence-electron chi connectivity index (χ2n) is 6.79. The second-order valence-corrected chi connectivity index (χ2v) is 10.5. The maximum atomic E-state index is 13.1. The maximum Gasteiger partial charge on any atom is 0.309 e. The minimum atomic E-state index is -3.65. The Kier molecular flexibility index (Phi) is 4.73. The summed E-state index contributed by atoms with van der Waals surface area (Å²) in [6, 6.07) is 10.3. The third-order valence-corrected chi connectivity index (χ3v) is 8.61. The molecule has 1 aliphatic heterocycles. The number of amides is 1. The zero-order chi connectivity index (χ0) is 20.9. The van der Waals surface area contributed by atoms with Gasteiger partial charge in [-0.25, -0.2) is 13.4 Å². The van der Waals surface area contributed by atoms with E-state index in [0.29, 0.717) is 16.3 Å². The Morgan fingerprint density at radius 1 is 1.13 bits per heavy atom. The van der Waals surface area contributed by atoms with Crippen LogP contribution in [0.1, 0.15) is 10.7 Å². The first-order valence-electron chi connectivity index (χ1n) is 9.12. The van der Waals surface area contributed by atoms with Crippen LogP contribution in [0, 0.1) is 0 Å². The minimum Gasteiger partial charge on any atom is -0.431 e. The van der Waals surface area contributed by atoms with E-state index in [9.17, 15) is 13.2 Å². The molecule has 30 heavy (non-hydrogen) atoms. The number of carbonyl (C=O) groups is 1. The Morgan fingerprint density at radius 3 is 2.70 bits per heavy atom. The number of halogens is 1. The summed E-state index contributed by atoms with van der Waals surface area (Å²) in [5, 5.41) is 1.40. The SMILES string of the molecule is O=C(c1nc2ncccc2o1)N1CCN(S(=O)(=O)c2cc3ccc(Cl)cc3s2)CC1. The minimum absolute atomic E-state index is 0.0404. The first kappa shape index (κ1) is 19.4. The Morgan fingerprint density at radius 2 is 1.93 bits per heavy atom. The van der Waals surface area contributed by atoms with Crippen molar-refractivity contribution in [2.45, 2.75) is 4.21 Å². The van der Waals surface area contributed by atoms with Gasteiger partial charge in [0.15, 0.2) is 11.2 Å². The third kappa shape index (κ3) is 3.35. The molecule has 0 radical (unpaired) electrons. The number of aromatic nitrogens is 2. The lowest BCUT2D eigenvalue weighted by Gasteiger charge is -2.32. The molecule has 1 aromatic carbocycles. The van der Waals surface area contributed by atoms with E-state index in [2.05, 4.69) is 9.97 Å². The molecule has 1 aliphatic rings. The van der Waals surface area contributed by atoms with Crippen LogP contribution >= 0.6 is 22.9 Å². The number of oxazole rings is 1. The van der Waals surface area contributed by atoms with Crippen LogP contribution in [0.4, 0.5) is 0 Å². The highest BCUT2D eigenvalue weighted by molar-refractivity contribution is 7.91. The van der Waals surface area contributed by atoms with Crippen molar-refractivity contribution in [3.63, 3.8) is 0 Å². The fourth-order valence-corrected chi connectivity index (χ4v) is 6.61. The first-order chi connectivity index (χ1) is 14.4. The summed E-state index contributed by atoms with van der Waals surface area (Å²) in [5.74, 6) is -0.414. The van der Waals surface area contributed by atoms with Crippen molar-refractivity contribution in [1.29, 1.82) is 0 Å². The van der Waals surface area contributed by atoms with E-state index in [1.807, 2.05) is 0 Å². The van der Waals surface area contributed by atoms with Crippen molar-refractivity contribution in [2.75, 3.05) is 26.2 Å². The van der Waals surface area contributed by atoms with Gasteiger partial charge >= 0.3 is 5.91 Å². The van der Waals surface area contributed by atoms with Crippen molar-refractivity contribution in [2.24, 2.45) is 0 Å². The van der Waals surface area contributed by atoms with Crippen LogP contribution in [0.15, 0.2) is 51.2 Å². The number of piperazine rings is 1. The van der Waals surface area contributed by atoms with Crippen LogP contribution in [0.25, 0.3) is 21.3 Å². The van der Waals surface area contributed by atoms with Gasteiger partial charge in [-0.3, -0.25) is 4.79 Å². The summed E-state index contributed by atoms with van der Waals surface area (Å²) in [6.07, 6.45) is 1.57. The Balaban J connectivity index is 1.32. The van der Waals surface area contributed by atoms with Gasteiger partial charge in [0.05, 0.1) is 0 Å². The molecule has 5 rings (SSSR count). The molecule has 3 aromatic heterocycles. The smallest absolute Gasteiger partial charge is 0.309 e. The Labute approximate surface area is 180 Å². The number of hydrogen-bond acceptors (Lipinski definition) is 7. The average molecular weight is 463 g/mol. The summed E-state index contributed by atoms with van der Waals surface area (Å²) >= 11 is 7.20. The van der Waals surface area contributed by atoms with Gasteiger partial charge in [-0.05, 0) is 35.7 Å². The van der Waals surface area contributed by atoms with Crippen LogP contribution in [0.3, 0.4) is 0 Å². The van der Waals surface area contributed by atoms with E-state index in [-0.39, 0.29) is 42.2 Å². The van der Waals surface area contributed by atoms with Gasteiger partial charge in [0, 0.05) is 42.1 Å². The number of thiophene rings is 1. The molecule has 0 spiro atoms. The highest BCUT2D eigenvalue weighted by Gasteiger charge is 2.33. The van der Waals surface area contributed by atoms with Crippen molar-refractivity contribution in [3.05, 3.63) is 53.5 Å². The van der Waals surface area contributed by atoms with E-state index in [1.54, 1.807) is 47.5 Å². The quantitative estimate of drug-likeness (QED) is 0.463. The highest BCUT2D eigenvalue weighted by Crippen LogP contribution is 2.33. The van der Waals surface area contributed by atoms with Crippen LogP contribution in [0.5, 0.6) is 0 Å². The lowest BCUT2D eigenvalue weighted by atomic mass is 10.3. The zero-order valence-electron chi connectivity index (χ0n) is 15.5. The van der Waals surface area contributed by atoms with Crippen molar-refractivity contribution >= 4 is 60.2 Å². The van der Waals surface area contributed by atoms with Crippen LogP contribution < -0.4 is 0 Å². The molecule has 154 valence electrons. The molecule has 1 saturated heterocycles. The molecule has 0 unspecified atom stereocenters. The monoisotopic (exact) mass is 462 g/mol. The van der Waals surface area contributed by atoms with Crippen molar-refractivity contribution in [1.82, 2.24) is 19.2 Å².